The van der Waals surface area contributed by atoms with E-state index in [-0.39, 0.29) is 11.5 Å². The van der Waals surface area contributed by atoms with Gasteiger partial charge in [-0.2, -0.15) is 0 Å². The predicted molar refractivity (Wildman–Crippen MR) is 79.4 cm³/mol. The highest BCUT2D eigenvalue weighted by atomic mass is 15.1. The van der Waals surface area contributed by atoms with E-state index in [1.165, 1.54) is 29.7 Å². The van der Waals surface area contributed by atoms with Crippen molar-refractivity contribution in [3.05, 3.63) is 29.3 Å². The molecular formula is C16H26N2. The fourth-order valence-corrected chi connectivity index (χ4v) is 2.81. The van der Waals surface area contributed by atoms with Crippen LogP contribution in [0.1, 0.15) is 50.7 Å². The van der Waals surface area contributed by atoms with Crippen LogP contribution >= 0.6 is 0 Å². The highest BCUT2D eigenvalue weighted by molar-refractivity contribution is 5.60. The number of anilines is 1. The maximum Gasteiger partial charge on any atom is 0.0400 e. The summed E-state index contributed by atoms with van der Waals surface area (Å²) in [5.41, 5.74) is 10.7. The summed E-state index contributed by atoms with van der Waals surface area (Å²) in [4.78, 5) is 2.21. The quantitative estimate of drug-likeness (QED) is 0.883. The van der Waals surface area contributed by atoms with Crippen LogP contribution in [-0.4, -0.2) is 20.1 Å². The van der Waals surface area contributed by atoms with Crippen LogP contribution in [0.5, 0.6) is 0 Å². The predicted octanol–water partition coefficient (Wildman–Crippen LogP) is 3.25. The van der Waals surface area contributed by atoms with Gasteiger partial charge in [0.05, 0.1) is 0 Å². The number of benzene rings is 1. The first-order chi connectivity index (χ1) is 8.38. The van der Waals surface area contributed by atoms with E-state index in [9.17, 15) is 0 Å². The third-order valence-corrected chi connectivity index (χ3v) is 4.37. The van der Waals surface area contributed by atoms with Crippen LogP contribution in [0, 0.1) is 0 Å². The Morgan fingerprint density at radius 1 is 1.17 bits per heavy atom. The molecule has 2 heteroatoms. The number of hydrogen-bond acceptors (Lipinski definition) is 2. The smallest absolute Gasteiger partial charge is 0.0400 e. The zero-order valence-electron chi connectivity index (χ0n) is 12.3. The molecule has 18 heavy (non-hydrogen) atoms. The molecule has 100 valence electrons. The Labute approximate surface area is 111 Å². The van der Waals surface area contributed by atoms with Crippen LogP contribution in [0.4, 0.5) is 5.69 Å². The first-order valence-corrected chi connectivity index (χ1v) is 6.96. The van der Waals surface area contributed by atoms with Gasteiger partial charge in [0.2, 0.25) is 0 Å². The largest absolute Gasteiger partial charge is 0.377 e. The highest BCUT2D eigenvalue weighted by Gasteiger charge is 2.48. The van der Waals surface area contributed by atoms with Crippen LogP contribution in [0.15, 0.2) is 18.2 Å². The maximum absolute atomic E-state index is 6.24. The van der Waals surface area contributed by atoms with E-state index in [0.717, 1.165) is 0 Å². The van der Waals surface area contributed by atoms with E-state index < -0.39 is 0 Å². The summed E-state index contributed by atoms with van der Waals surface area (Å²) in [5.74, 6) is 0.573. The van der Waals surface area contributed by atoms with Gasteiger partial charge in [0, 0.05) is 31.2 Å². The van der Waals surface area contributed by atoms with Crippen LogP contribution < -0.4 is 10.6 Å². The van der Waals surface area contributed by atoms with Crippen molar-refractivity contribution in [2.45, 2.75) is 51.0 Å². The zero-order chi connectivity index (χ0) is 13.5. The minimum Gasteiger partial charge on any atom is -0.377 e. The Bertz CT molecular complexity index is 429. The summed E-state index contributed by atoms with van der Waals surface area (Å²) in [7, 11) is 4.23. The van der Waals surface area contributed by atoms with Gasteiger partial charge in [-0.3, -0.25) is 0 Å². The third-order valence-electron chi connectivity index (χ3n) is 4.37. The van der Waals surface area contributed by atoms with Gasteiger partial charge < -0.3 is 10.6 Å². The van der Waals surface area contributed by atoms with E-state index >= 15 is 0 Å². The third kappa shape index (κ3) is 2.14. The molecule has 1 unspecified atom stereocenters. The number of nitrogens with zero attached hydrogens (tertiary/aromatic N) is 1. The van der Waals surface area contributed by atoms with Crippen molar-refractivity contribution < 1.29 is 0 Å². The van der Waals surface area contributed by atoms with Gasteiger partial charge in [0.1, 0.15) is 0 Å². The Morgan fingerprint density at radius 2 is 1.78 bits per heavy atom. The molecule has 1 aromatic carbocycles. The highest BCUT2D eigenvalue weighted by Crippen LogP contribution is 2.53. The van der Waals surface area contributed by atoms with Crippen molar-refractivity contribution in [2.75, 3.05) is 19.0 Å². The van der Waals surface area contributed by atoms with Crippen molar-refractivity contribution in [3.8, 4) is 0 Å². The fraction of sp³-hybridized carbons (Fsp3) is 0.625. The SMILES string of the molecule is CC(C)c1ccc(N(C)C)c(C2(C(C)N)CC2)c1. The molecule has 1 saturated carbocycles. The van der Waals surface area contributed by atoms with Crippen LogP contribution in [0.3, 0.4) is 0 Å². The summed E-state index contributed by atoms with van der Waals surface area (Å²) < 4.78 is 0. The summed E-state index contributed by atoms with van der Waals surface area (Å²) in [6.45, 7) is 6.65. The molecule has 0 amide bonds. The second kappa shape index (κ2) is 4.58. The van der Waals surface area contributed by atoms with Gasteiger partial charge in [-0.15, -0.1) is 0 Å². The molecule has 1 aliphatic carbocycles. The molecule has 1 atom stereocenters. The lowest BCUT2D eigenvalue weighted by Gasteiger charge is -2.27. The first-order valence-electron chi connectivity index (χ1n) is 6.96. The number of rotatable bonds is 4. The van der Waals surface area contributed by atoms with Gasteiger partial charge in [-0.25, -0.2) is 0 Å². The number of hydrogen-bond donors (Lipinski definition) is 1. The second-order valence-electron chi connectivity index (χ2n) is 6.27. The lowest BCUT2D eigenvalue weighted by atomic mass is 9.85. The normalized spacial score (nSPS) is 18.8. The Morgan fingerprint density at radius 3 is 2.17 bits per heavy atom. The van der Waals surface area contributed by atoms with Gasteiger partial charge in [-0.1, -0.05) is 26.0 Å². The first kappa shape index (κ1) is 13.4. The Hall–Kier alpha value is -1.02. The maximum atomic E-state index is 6.24. The van der Waals surface area contributed by atoms with Gasteiger partial charge >= 0.3 is 0 Å². The lowest BCUT2D eigenvalue weighted by molar-refractivity contribution is 0.555. The molecule has 0 saturated heterocycles. The molecule has 1 aliphatic rings. The van der Waals surface area contributed by atoms with Gasteiger partial charge in [-0.05, 0) is 42.9 Å². The molecule has 0 spiro atoms. The van der Waals surface area contributed by atoms with E-state index in [0.29, 0.717) is 5.92 Å². The molecule has 1 aromatic rings. The zero-order valence-corrected chi connectivity index (χ0v) is 12.3. The lowest BCUT2D eigenvalue weighted by Crippen LogP contribution is -2.33. The van der Waals surface area contributed by atoms with Crippen molar-refractivity contribution >= 4 is 5.69 Å². The monoisotopic (exact) mass is 246 g/mol. The van der Waals surface area contributed by atoms with E-state index in [2.05, 4.69) is 58.0 Å². The van der Waals surface area contributed by atoms with Gasteiger partial charge in [0.15, 0.2) is 0 Å². The van der Waals surface area contributed by atoms with Crippen LogP contribution in [0.2, 0.25) is 0 Å². The van der Waals surface area contributed by atoms with Crippen LogP contribution in [0.25, 0.3) is 0 Å². The average Bonchev–Trinajstić information content (AvgIpc) is 3.09. The summed E-state index contributed by atoms with van der Waals surface area (Å²) in [5, 5.41) is 0. The van der Waals surface area contributed by atoms with E-state index in [1.807, 2.05) is 0 Å². The fourth-order valence-electron chi connectivity index (χ4n) is 2.81. The average molecular weight is 246 g/mol. The summed E-state index contributed by atoms with van der Waals surface area (Å²) in [6.07, 6.45) is 2.46. The molecule has 0 radical (unpaired) electrons. The van der Waals surface area contributed by atoms with Crippen LogP contribution in [-0.2, 0) is 5.41 Å². The molecule has 2 nitrogen and oxygen atoms in total. The minimum atomic E-state index is 0.227. The van der Waals surface area contributed by atoms with E-state index in [1.54, 1.807) is 0 Å². The van der Waals surface area contributed by atoms with Crippen molar-refractivity contribution in [3.63, 3.8) is 0 Å². The Balaban J connectivity index is 2.52. The molecule has 2 N–H and O–H groups in total. The molecule has 0 aliphatic heterocycles. The summed E-state index contributed by atoms with van der Waals surface area (Å²) in [6, 6.07) is 7.13. The molecule has 0 bridgehead atoms. The second-order valence-corrected chi connectivity index (χ2v) is 6.27. The van der Waals surface area contributed by atoms with Crippen molar-refractivity contribution in [2.24, 2.45) is 5.73 Å². The molecular weight excluding hydrogens is 220 g/mol. The molecule has 1 fully saturated rings. The molecule has 0 aromatic heterocycles. The standard InChI is InChI=1S/C16H26N2/c1-11(2)13-6-7-15(18(4)5)14(10-13)16(8-9-16)12(3)17/h6-7,10-12H,8-9,17H2,1-5H3. The van der Waals surface area contributed by atoms with Crippen molar-refractivity contribution in [1.29, 1.82) is 0 Å². The molecule has 0 heterocycles. The van der Waals surface area contributed by atoms with E-state index in [4.69, 9.17) is 5.73 Å². The minimum absolute atomic E-state index is 0.227. The van der Waals surface area contributed by atoms with Gasteiger partial charge in [0.25, 0.3) is 0 Å². The summed E-state index contributed by atoms with van der Waals surface area (Å²) >= 11 is 0. The Kier molecular flexibility index (Phi) is 3.41. The topological polar surface area (TPSA) is 29.3 Å². The van der Waals surface area contributed by atoms with Crippen molar-refractivity contribution in [1.82, 2.24) is 0 Å². The molecule has 2 rings (SSSR count). The number of nitrogens with two attached hydrogens (primary N) is 1.